The molecule has 0 radical (unpaired) electrons. The summed E-state index contributed by atoms with van der Waals surface area (Å²) in [7, 11) is 0. The Labute approximate surface area is 203 Å². The van der Waals surface area contributed by atoms with E-state index in [-0.39, 0.29) is 45.7 Å². The lowest BCUT2D eigenvalue weighted by Gasteiger charge is -2.70. The lowest BCUT2D eigenvalue weighted by atomic mass is 9.35. The molecule has 0 aromatic rings. The Morgan fingerprint density at radius 3 is 2.18 bits per heavy atom. The molecule has 0 saturated heterocycles. The maximum Gasteiger partial charge on any atom is 0.0654 e. The molecule has 33 heavy (non-hydrogen) atoms. The van der Waals surface area contributed by atoms with Crippen molar-refractivity contribution in [2.45, 2.75) is 131 Å². The van der Waals surface area contributed by atoms with Gasteiger partial charge in [-0.05, 0) is 124 Å². The molecule has 0 unspecified atom stereocenters. The first-order valence-corrected chi connectivity index (χ1v) is 13.8. The minimum atomic E-state index is -0.739. The minimum absolute atomic E-state index is 0.0503. The predicted octanol–water partition coefficient (Wildman–Crippen LogP) is 6.50. The summed E-state index contributed by atoms with van der Waals surface area (Å²) in [6, 6.07) is 0. The SMILES string of the molecule is CC(C)=CCC[C@@](C)(O)[C@H]1CC[C@@]2(C)[C@@H]1[C@H](O)C[C@@H]1[C@@]3(C)CC[C@H](O)C(C)(C)[C@H]3CC[C@]12C. The van der Waals surface area contributed by atoms with Crippen LogP contribution >= 0.6 is 0 Å². The van der Waals surface area contributed by atoms with E-state index in [1.165, 1.54) is 18.4 Å². The standard InChI is InChI=1S/C30H52O3/c1-19(2)10-9-14-30(8,33)20-11-16-29(7)25(20)21(31)18-23-27(5)15-13-24(32)26(3,4)22(27)12-17-28(23,29)6/h10,20-25,31-33H,9,11-18H2,1-8H3/t20-,21+,22+,23+,24-,25-,27-,28+,29-,30+/m0/s1. The van der Waals surface area contributed by atoms with Gasteiger partial charge >= 0.3 is 0 Å². The number of aliphatic hydroxyl groups excluding tert-OH is 2. The zero-order valence-corrected chi connectivity index (χ0v) is 22.7. The van der Waals surface area contributed by atoms with Gasteiger partial charge in [-0.15, -0.1) is 0 Å². The highest BCUT2D eigenvalue weighted by Crippen LogP contribution is 2.75. The monoisotopic (exact) mass is 460 g/mol. The molecule has 0 aliphatic heterocycles. The molecule has 4 aliphatic carbocycles. The first kappa shape index (κ1) is 25.7. The molecule has 10 atom stereocenters. The zero-order valence-electron chi connectivity index (χ0n) is 22.7. The summed E-state index contributed by atoms with van der Waals surface area (Å²) >= 11 is 0. The number of hydrogen-bond acceptors (Lipinski definition) is 3. The molecule has 3 nitrogen and oxygen atoms in total. The first-order valence-electron chi connectivity index (χ1n) is 13.8. The number of rotatable bonds is 4. The second kappa shape index (κ2) is 8.07. The molecule has 0 bridgehead atoms. The summed E-state index contributed by atoms with van der Waals surface area (Å²) < 4.78 is 0. The quantitative estimate of drug-likeness (QED) is 0.420. The van der Waals surface area contributed by atoms with Crippen LogP contribution in [0.3, 0.4) is 0 Å². The fraction of sp³-hybridized carbons (Fsp3) is 0.933. The highest BCUT2D eigenvalue weighted by Gasteiger charge is 2.71. The van der Waals surface area contributed by atoms with Gasteiger partial charge in [-0.3, -0.25) is 0 Å². The molecule has 4 fully saturated rings. The number of allylic oxidation sites excluding steroid dienone is 2. The maximum atomic E-state index is 11.8. The fourth-order valence-corrected chi connectivity index (χ4v) is 10.3. The van der Waals surface area contributed by atoms with E-state index in [4.69, 9.17) is 0 Å². The van der Waals surface area contributed by atoms with Crippen LogP contribution in [-0.4, -0.2) is 33.1 Å². The normalized spacial score (nSPS) is 50.5. The van der Waals surface area contributed by atoms with Gasteiger partial charge < -0.3 is 15.3 Å². The third-order valence-electron chi connectivity index (χ3n) is 12.4. The summed E-state index contributed by atoms with van der Waals surface area (Å²) in [4.78, 5) is 0. The van der Waals surface area contributed by atoms with E-state index in [1.807, 2.05) is 6.92 Å². The Bertz CT molecular complexity index is 779. The van der Waals surface area contributed by atoms with E-state index in [0.29, 0.717) is 11.8 Å². The number of hydrogen-bond donors (Lipinski definition) is 3. The zero-order chi connectivity index (χ0) is 24.6. The van der Waals surface area contributed by atoms with Crippen molar-refractivity contribution in [3.8, 4) is 0 Å². The molecule has 0 heterocycles. The third kappa shape index (κ3) is 3.61. The predicted molar refractivity (Wildman–Crippen MR) is 136 cm³/mol. The Morgan fingerprint density at radius 1 is 0.909 bits per heavy atom. The van der Waals surface area contributed by atoms with Gasteiger partial charge in [-0.2, -0.15) is 0 Å². The first-order chi connectivity index (χ1) is 15.1. The smallest absolute Gasteiger partial charge is 0.0654 e. The van der Waals surface area contributed by atoms with Crippen LogP contribution < -0.4 is 0 Å². The van der Waals surface area contributed by atoms with Crippen LogP contribution in [0.1, 0.15) is 113 Å². The van der Waals surface area contributed by atoms with Gasteiger partial charge in [0.1, 0.15) is 0 Å². The molecule has 3 heteroatoms. The maximum absolute atomic E-state index is 11.8. The molecule has 4 rings (SSSR count). The Morgan fingerprint density at radius 2 is 1.55 bits per heavy atom. The van der Waals surface area contributed by atoms with Gasteiger partial charge in [-0.1, -0.05) is 46.3 Å². The van der Waals surface area contributed by atoms with Gasteiger partial charge in [0.15, 0.2) is 0 Å². The second-order valence-corrected chi connectivity index (χ2v) is 14.5. The van der Waals surface area contributed by atoms with Crippen LogP contribution in [0.15, 0.2) is 11.6 Å². The summed E-state index contributed by atoms with van der Waals surface area (Å²) in [5.74, 6) is 1.31. The topological polar surface area (TPSA) is 60.7 Å². The van der Waals surface area contributed by atoms with Crippen molar-refractivity contribution in [2.75, 3.05) is 0 Å². The van der Waals surface area contributed by atoms with Gasteiger partial charge in [0.2, 0.25) is 0 Å². The van der Waals surface area contributed by atoms with Gasteiger partial charge in [0.25, 0.3) is 0 Å². The second-order valence-electron chi connectivity index (χ2n) is 14.5. The van der Waals surface area contributed by atoms with E-state index >= 15 is 0 Å². The molecule has 0 aromatic heterocycles. The van der Waals surface area contributed by atoms with Crippen molar-refractivity contribution in [1.82, 2.24) is 0 Å². The molecule has 3 N–H and O–H groups in total. The lowest BCUT2D eigenvalue weighted by Crippen LogP contribution is -2.66. The van der Waals surface area contributed by atoms with Gasteiger partial charge in [0, 0.05) is 0 Å². The molecule has 0 spiro atoms. The van der Waals surface area contributed by atoms with Crippen molar-refractivity contribution >= 4 is 0 Å². The van der Waals surface area contributed by atoms with Crippen molar-refractivity contribution < 1.29 is 15.3 Å². The summed E-state index contributed by atoms with van der Waals surface area (Å²) in [5, 5.41) is 34.3. The Kier molecular flexibility index (Phi) is 6.28. The van der Waals surface area contributed by atoms with E-state index in [2.05, 4.69) is 54.5 Å². The molecule has 190 valence electrons. The highest BCUT2D eigenvalue weighted by molar-refractivity contribution is 5.20. The average Bonchev–Trinajstić information content (AvgIpc) is 3.08. The highest BCUT2D eigenvalue weighted by atomic mass is 16.3. The molecule has 4 saturated carbocycles. The molecular formula is C30H52O3. The van der Waals surface area contributed by atoms with E-state index < -0.39 is 5.60 Å². The van der Waals surface area contributed by atoms with Crippen LogP contribution in [0.2, 0.25) is 0 Å². The molecule has 4 aliphatic rings. The molecule has 0 amide bonds. The van der Waals surface area contributed by atoms with Crippen molar-refractivity contribution in [3.63, 3.8) is 0 Å². The summed E-state index contributed by atoms with van der Waals surface area (Å²) in [6.07, 6.45) is 10.6. The number of aliphatic hydroxyl groups is 3. The van der Waals surface area contributed by atoms with Crippen LogP contribution in [0.5, 0.6) is 0 Å². The van der Waals surface area contributed by atoms with Crippen LogP contribution in [0.25, 0.3) is 0 Å². The summed E-state index contributed by atoms with van der Waals surface area (Å²) in [5.41, 5.74) is 0.885. The van der Waals surface area contributed by atoms with Gasteiger partial charge in [0.05, 0.1) is 17.8 Å². The molecular weight excluding hydrogens is 408 g/mol. The third-order valence-corrected chi connectivity index (χ3v) is 12.4. The van der Waals surface area contributed by atoms with Gasteiger partial charge in [-0.25, -0.2) is 0 Å². The lowest BCUT2D eigenvalue weighted by molar-refractivity contribution is -0.246. The molecule has 0 aromatic carbocycles. The minimum Gasteiger partial charge on any atom is -0.393 e. The fourth-order valence-electron chi connectivity index (χ4n) is 10.3. The van der Waals surface area contributed by atoms with E-state index in [1.54, 1.807) is 0 Å². The van der Waals surface area contributed by atoms with Crippen LogP contribution in [0.4, 0.5) is 0 Å². The number of fused-ring (bicyclic) bond motifs is 5. The van der Waals surface area contributed by atoms with E-state index in [9.17, 15) is 15.3 Å². The van der Waals surface area contributed by atoms with Crippen LogP contribution in [-0.2, 0) is 0 Å². The van der Waals surface area contributed by atoms with E-state index in [0.717, 1.165) is 44.9 Å². The Hall–Kier alpha value is -0.380. The van der Waals surface area contributed by atoms with Crippen molar-refractivity contribution in [2.24, 2.45) is 45.3 Å². The van der Waals surface area contributed by atoms with Crippen LogP contribution in [0, 0.1) is 45.3 Å². The van der Waals surface area contributed by atoms with Crippen molar-refractivity contribution in [1.29, 1.82) is 0 Å². The Balaban J connectivity index is 1.66. The van der Waals surface area contributed by atoms with Crippen molar-refractivity contribution in [3.05, 3.63) is 11.6 Å². The largest absolute Gasteiger partial charge is 0.393 e. The average molecular weight is 461 g/mol. The summed E-state index contributed by atoms with van der Waals surface area (Å²) in [6.45, 7) is 18.3.